The van der Waals surface area contributed by atoms with Crippen molar-refractivity contribution in [1.82, 2.24) is 20.1 Å². The predicted molar refractivity (Wildman–Crippen MR) is 110 cm³/mol. The first-order valence-corrected chi connectivity index (χ1v) is 11.1. The summed E-state index contributed by atoms with van der Waals surface area (Å²) >= 11 is 1.37. The smallest absolute Gasteiger partial charge is 0.233 e. The minimum absolute atomic E-state index is 0.0214. The quantitative estimate of drug-likeness (QED) is 0.477. The van der Waals surface area contributed by atoms with Crippen molar-refractivity contribution in [2.24, 2.45) is 5.73 Å². The van der Waals surface area contributed by atoms with Crippen molar-refractivity contribution in [3.8, 4) is 0 Å². The van der Waals surface area contributed by atoms with Gasteiger partial charge in [-0.1, -0.05) is 37.4 Å². The standard InChI is InChI=1S/C20H29N5O3S/c1-14(19(27)22-15-7-4-2-3-5-8-15)29-20-24-23-18(11-10-17(21)26)25(20)13-16-9-6-12-28-16/h6,9,12,14-15H,2-5,7-8,10-11,13H2,1H3,(H2,21,26)(H,22,27). The van der Waals surface area contributed by atoms with Crippen LogP contribution in [-0.4, -0.2) is 37.9 Å². The second-order valence-electron chi connectivity index (χ2n) is 7.49. The molecule has 0 saturated heterocycles. The number of furan rings is 1. The molecule has 2 amide bonds. The molecule has 0 aliphatic heterocycles. The number of nitrogens with zero attached hydrogens (tertiary/aromatic N) is 3. The minimum atomic E-state index is -0.386. The van der Waals surface area contributed by atoms with Gasteiger partial charge in [-0.3, -0.25) is 14.2 Å². The van der Waals surface area contributed by atoms with E-state index in [4.69, 9.17) is 10.2 Å². The van der Waals surface area contributed by atoms with E-state index in [1.807, 2.05) is 23.6 Å². The Morgan fingerprint density at radius 1 is 1.31 bits per heavy atom. The Morgan fingerprint density at radius 3 is 2.72 bits per heavy atom. The highest BCUT2D eigenvalue weighted by molar-refractivity contribution is 8.00. The van der Waals surface area contributed by atoms with Crippen molar-refractivity contribution >= 4 is 23.6 Å². The fourth-order valence-electron chi connectivity index (χ4n) is 3.50. The highest BCUT2D eigenvalue weighted by atomic mass is 32.2. The van der Waals surface area contributed by atoms with Gasteiger partial charge in [-0.15, -0.1) is 10.2 Å². The number of aryl methyl sites for hydroxylation is 1. The summed E-state index contributed by atoms with van der Waals surface area (Å²) in [4.78, 5) is 23.9. The van der Waals surface area contributed by atoms with Crippen molar-refractivity contribution in [2.45, 2.75) is 81.3 Å². The van der Waals surface area contributed by atoms with Crippen LogP contribution in [0.5, 0.6) is 0 Å². The number of hydrogen-bond acceptors (Lipinski definition) is 6. The van der Waals surface area contributed by atoms with Crippen LogP contribution >= 0.6 is 11.8 Å². The largest absolute Gasteiger partial charge is 0.467 e. The van der Waals surface area contributed by atoms with Gasteiger partial charge in [-0.25, -0.2) is 0 Å². The third kappa shape index (κ3) is 6.35. The molecule has 1 aliphatic carbocycles. The average molecular weight is 420 g/mol. The molecule has 158 valence electrons. The van der Waals surface area contributed by atoms with Crippen LogP contribution in [0.3, 0.4) is 0 Å². The molecule has 8 nitrogen and oxygen atoms in total. The molecule has 0 bridgehead atoms. The number of nitrogens with one attached hydrogen (secondary N) is 1. The molecule has 9 heteroatoms. The van der Waals surface area contributed by atoms with Crippen LogP contribution in [0.2, 0.25) is 0 Å². The second-order valence-corrected chi connectivity index (χ2v) is 8.80. The summed E-state index contributed by atoms with van der Waals surface area (Å²) in [6.07, 6.45) is 9.15. The summed E-state index contributed by atoms with van der Waals surface area (Å²) in [7, 11) is 0. The summed E-state index contributed by atoms with van der Waals surface area (Å²) in [6.45, 7) is 2.32. The molecule has 3 rings (SSSR count). The van der Waals surface area contributed by atoms with Crippen LogP contribution in [0.1, 0.15) is 63.5 Å². The molecule has 2 heterocycles. The van der Waals surface area contributed by atoms with E-state index in [1.54, 1.807) is 6.26 Å². The number of aromatic nitrogens is 3. The minimum Gasteiger partial charge on any atom is -0.467 e. The van der Waals surface area contributed by atoms with E-state index in [-0.39, 0.29) is 29.5 Å². The van der Waals surface area contributed by atoms with Crippen molar-refractivity contribution in [3.05, 3.63) is 30.0 Å². The maximum absolute atomic E-state index is 12.7. The van der Waals surface area contributed by atoms with Crippen molar-refractivity contribution in [1.29, 1.82) is 0 Å². The number of hydrogen-bond donors (Lipinski definition) is 2. The molecule has 1 saturated carbocycles. The third-order valence-corrected chi connectivity index (χ3v) is 6.22. The first kappa shape index (κ1) is 21.4. The van der Waals surface area contributed by atoms with E-state index < -0.39 is 0 Å². The van der Waals surface area contributed by atoms with Gasteiger partial charge in [0.15, 0.2) is 5.16 Å². The number of nitrogens with two attached hydrogens (primary N) is 1. The van der Waals surface area contributed by atoms with Crippen LogP contribution in [-0.2, 0) is 22.6 Å². The van der Waals surface area contributed by atoms with Gasteiger partial charge >= 0.3 is 0 Å². The second kappa shape index (κ2) is 10.5. The van der Waals surface area contributed by atoms with E-state index in [1.165, 1.54) is 37.4 Å². The number of primary amides is 1. The molecular formula is C20H29N5O3S. The Kier molecular flexibility index (Phi) is 7.74. The van der Waals surface area contributed by atoms with Crippen molar-refractivity contribution in [2.75, 3.05) is 0 Å². The average Bonchev–Trinajstić information content (AvgIpc) is 3.25. The molecule has 2 aromatic heterocycles. The van der Waals surface area contributed by atoms with Gasteiger partial charge in [-0.2, -0.15) is 0 Å². The van der Waals surface area contributed by atoms with Crippen molar-refractivity contribution in [3.63, 3.8) is 0 Å². The summed E-state index contributed by atoms with van der Waals surface area (Å²) < 4.78 is 7.34. The molecule has 29 heavy (non-hydrogen) atoms. The first-order valence-electron chi connectivity index (χ1n) is 10.2. The number of carbonyl (C=O) groups excluding carboxylic acids is 2. The van der Waals surface area contributed by atoms with Crippen LogP contribution < -0.4 is 11.1 Å². The van der Waals surface area contributed by atoms with Gasteiger partial charge in [0.2, 0.25) is 11.8 Å². The summed E-state index contributed by atoms with van der Waals surface area (Å²) in [5.41, 5.74) is 5.28. The lowest BCUT2D eigenvalue weighted by molar-refractivity contribution is -0.121. The first-order chi connectivity index (χ1) is 14.0. The van der Waals surface area contributed by atoms with Gasteiger partial charge in [-0.05, 0) is 31.9 Å². The van der Waals surface area contributed by atoms with Gasteiger partial charge in [0.25, 0.3) is 0 Å². The molecule has 1 unspecified atom stereocenters. The van der Waals surface area contributed by atoms with Gasteiger partial charge in [0, 0.05) is 18.9 Å². The van der Waals surface area contributed by atoms with Crippen LogP contribution in [0.15, 0.2) is 28.0 Å². The van der Waals surface area contributed by atoms with Crippen LogP contribution in [0.25, 0.3) is 0 Å². The number of amides is 2. The van der Waals surface area contributed by atoms with E-state index in [0.29, 0.717) is 23.9 Å². The molecule has 3 N–H and O–H groups in total. The zero-order valence-electron chi connectivity index (χ0n) is 16.8. The summed E-state index contributed by atoms with van der Waals surface area (Å²) in [6, 6.07) is 3.95. The molecular weight excluding hydrogens is 390 g/mol. The lowest BCUT2D eigenvalue weighted by Crippen LogP contribution is -2.39. The number of rotatable bonds is 9. The SMILES string of the molecule is CC(Sc1nnc(CCC(N)=O)n1Cc1ccco1)C(=O)NC1CCCCCC1. The predicted octanol–water partition coefficient (Wildman–Crippen LogP) is 2.66. The van der Waals surface area contributed by atoms with E-state index in [2.05, 4.69) is 15.5 Å². The van der Waals surface area contributed by atoms with E-state index in [0.717, 1.165) is 18.6 Å². The third-order valence-electron chi connectivity index (χ3n) is 5.14. The fourth-order valence-corrected chi connectivity index (χ4v) is 4.37. The zero-order valence-corrected chi connectivity index (χ0v) is 17.6. The monoisotopic (exact) mass is 419 g/mol. The van der Waals surface area contributed by atoms with Crippen molar-refractivity contribution < 1.29 is 14.0 Å². The summed E-state index contributed by atoms with van der Waals surface area (Å²) in [5.74, 6) is 1.04. The van der Waals surface area contributed by atoms with Gasteiger partial charge in [0.1, 0.15) is 11.6 Å². The molecule has 1 fully saturated rings. The Hall–Kier alpha value is -2.29. The van der Waals surface area contributed by atoms with Gasteiger partial charge < -0.3 is 15.5 Å². The Labute approximate surface area is 175 Å². The molecule has 0 aromatic carbocycles. The molecule has 0 radical (unpaired) electrons. The van der Waals surface area contributed by atoms with Crippen LogP contribution in [0, 0.1) is 0 Å². The Bertz CT molecular complexity index is 797. The number of thioether (sulfide) groups is 1. The Balaban J connectivity index is 1.67. The zero-order chi connectivity index (χ0) is 20.6. The van der Waals surface area contributed by atoms with E-state index in [9.17, 15) is 9.59 Å². The normalized spacial score (nSPS) is 16.3. The fraction of sp³-hybridized carbons (Fsp3) is 0.600. The molecule has 1 atom stereocenters. The van der Waals surface area contributed by atoms with Gasteiger partial charge in [0.05, 0.1) is 18.1 Å². The molecule has 0 spiro atoms. The summed E-state index contributed by atoms with van der Waals surface area (Å²) in [5, 5.41) is 12.0. The lowest BCUT2D eigenvalue weighted by Gasteiger charge is -2.19. The number of carbonyl (C=O) groups is 2. The molecule has 1 aliphatic rings. The Morgan fingerprint density at radius 2 is 2.07 bits per heavy atom. The maximum Gasteiger partial charge on any atom is 0.233 e. The topological polar surface area (TPSA) is 116 Å². The maximum atomic E-state index is 12.7. The molecule has 2 aromatic rings. The highest BCUT2D eigenvalue weighted by Gasteiger charge is 2.23. The lowest BCUT2D eigenvalue weighted by atomic mass is 10.1. The van der Waals surface area contributed by atoms with Crippen LogP contribution in [0.4, 0.5) is 0 Å². The van der Waals surface area contributed by atoms with E-state index >= 15 is 0 Å². The highest BCUT2D eigenvalue weighted by Crippen LogP contribution is 2.25.